The first-order valence-electron chi connectivity index (χ1n) is 8.44. The van der Waals surface area contributed by atoms with Crippen molar-refractivity contribution in [2.24, 2.45) is 0 Å². The van der Waals surface area contributed by atoms with Crippen molar-refractivity contribution in [1.29, 1.82) is 0 Å². The highest BCUT2D eigenvalue weighted by atomic mass is 16.6. The highest BCUT2D eigenvalue weighted by molar-refractivity contribution is 5.79. The minimum atomic E-state index is -0.900. The van der Waals surface area contributed by atoms with Crippen LogP contribution >= 0.6 is 0 Å². The van der Waals surface area contributed by atoms with Gasteiger partial charge >= 0.3 is 0 Å². The molecule has 8 nitrogen and oxygen atoms in total. The van der Waals surface area contributed by atoms with Gasteiger partial charge in [-0.05, 0) is 32.9 Å². The molecule has 2 unspecified atom stereocenters. The average molecular weight is 351 g/mol. The predicted octanol–water partition coefficient (Wildman–Crippen LogP) is 2.52. The number of carbonyl (C=O) groups is 1. The number of ether oxygens (including phenoxy) is 1. The van der Waals surface area contributed by atoms with Crippen molar-refractivity contribution >= 4 is 17.8 Å². The number of rotatable bonds is 8. The van der Waals surface area contributed by atoms with Crippen molar-refractivity contribution in [2.75, 3.05) is 11.9 Å². The second-order valence-corrected chi connectivity index (χ2v) is 6.72. The Morgan fingerprint density at radius 2 is 2.12 bits per heavy atom. The van der Waals surface area contributed by atoms with Crippen LogP contribution in [0.15, 0.2) is 12.1 Å². The van der Waals surface area contributed by atoms with Crippen molar-refractivity contribution in [3.63, 3.8) is 0 Å². The monoisotopic (exact) mass is 351 g/mol. The summed E-state index contributed by atoms with van der Waals surface area (Å²) in [6, 6.07) is 2.36. The summed E-state index contributed by atoms with van der Waals surface area (Å²) in [6.45, 7) is 6.30. The van der Waals surface area contributed by atoms with Gasteiger partial charge in [0.05, 0.1) is 17.0 Å². The number of amides is 1. The number of aliphatic hydroxyl groups is 1. The first kappa shape index (κ1) is 19.1. The number of nitro benzene ring substituents is 1. The number of benzene rings is 1. The van der Waals surface area contributed by atoms with Crippen molar-refractivity contribution < 1.29 is 19.6 Å². The fourth-order valence-electron chi connectivity index (χ4n) is 3.02. The summed E-state index contributed by atoms with van der Waals surface area (Å²) in [7, 11) is 0. The number of hydrogen-bond acceptors (Lipinski definition) is 6. The summed E-state index contributed by atoms with van der Waals surface area (Å²) < 4.78 is 5.80. The molecule has 0 fully saturated rings. The van der Waals surface area contributed by atoms with Gasteiger partial charge in [0, 0.05) is 5.56 Å². The van der Waals surface area contributed by atoms with Crippen LogP contribution < -0.4 is 15.4 Å². The first-order valence-corrected chi connectivity index (χ1v) is 8.44. The fraction of sp³-hybridized carbons (Fsp3) is 0.588. The molecule has 0 aromatic heterocycles. The van der Waals surface area contributed by atoms with Crippen molar-refractivity contribution in [2.45, 2.75) is 57.8 Å². The van der Waals surface area contributed by atoms with E-state index in [4.69, 9.17) is 4.74 Å². The third-order valence-electron chi connectivity index (χ3n) is 4.42. The molecule has 1 heterocycles. The number of hydrogen-bond donors (Lipinski definition) is 3. The normalized spacial score (nSPS) is 21.1. The molecule has 25 heavy (non-hydrogen) atoms. The zero-order valence-corrected chi connectivity index (χ0v) is 14.7. The third kappa shape index (κ3) is 4.08. The van der Waals surface area contributed by atoms with Gasteiger partial charge in [-0.1, -0.05) is 19.8 Å². The number of nitro groups is 1. The van der Waals surface area contributed by atoms with Crippen LogP contribution in [0, 0.1) is 10.1 Å². The fourth-order valence-corrected chi connectivity index (χ4v) is 3.02. The zero-order valence-electron chi connectivity index (χ0n) is 14.7. The van der Waals surface area contributed by atoms with Gasteiger partial charge in [0.25, 0.3) is 5.69 Å². The molecule has 1 aliphatic rings. The van der Waals surface area contributed by atoms with Crippen LogP contribution in [0.2, 0.25) is 0 Å². The summed E-state index contributed by atoms with van der Waals surface area (Å²) in [5.41, 5.74) is -0.473. The maximum Gasteiger partial charge on any atom is 0.296 e. The Kier molecular flexibility index (Phi) is 5.97. The average Bonchev–Trinajstić information content (AvgIpc) is 2.54. The quantitative estimate of drug-likeness (QED) is 0.287. The number of anilines is 1. The Balaban J connectivity index is 2.43. The van der Waals surface area contributed by atoms with Gasteiger partial charge < -0.3 is 20.5 Å². The minimum Gasteiger partial charge on any atom is -0.484 e. The van der Waals surface area contributed by atoms with Crippen LogP contribution in [0.1, 0.15) is 51.6 Å². The largest absolute Gasteiger partial charge is 0.484 e. The second-order valence-electron chi connectivity index (χ2n) is 6.72. The van der Waals surface area contributed by atoms with Crippen LogP contribution in [0.5, 0.6) is 5.75 Å². The summed E-state index contributed by atoms with van der Waals surface area (Å²) >= 11 is 0. The van der Waals surface area contributed by atoms with Gasteiger partial charge in [-0.3, -0.25) is 14.9 Å². The molecule has 0 saturated carbocycles. The zero-order chi connectivity index (χ0) is 18.6. The molecule has 1 aromatic carbocycles. The van der Waals surface area contributed by atoms with E-state index < -0.39 is 22.7 Å². The van der Waals surface area contributed by atoms with Gasteiger partial charge in [0.2, 0.25) is 6.41 Å². The standard InChI is InChI=1S/C17H25N3O5/c1-4-5-6-7-18-15-11-8-12(19-10-21)13(20(23)24)9-14(11)25-17(2,3)16(15)22/h8-10,15-16,18,22H,4-7H2,1-3H3,(H,19,21). The van der Waals surface area contributed by atoms with Gasteiger partial charge in [0.15, 0.2) is 0 Å². The molecule has 8 heteroatoms. The smallest absolute Gasteiger partial charge is 0.296 e. The van der Waals surface area contributed by atoms with E-state index in [-0.39, 0.29) is 11.4 Å². The lowest BCUT2D eigenvalue weighted by Crippen LogP contribution is -2.52. The van der Waals surface area contributed by atoms with E-state index in [1.165, 1.54) is 12.1 Å². The molecule has 1 aromatic rings. The van der Waals surface area contributed by atoms with Crippen molar-refractivity contribution in [3.8, 4) is 5.75 Å². The molecular weight excluding hydrogens is 326 g/mol. The SMILES string of the molecule is CCCCCNC1c2cc(NC=O)c([N+](=O)[O-])cc2OC(C)(C)C1O. The van der Waals surface area contributed by atoms with Gasteiger partial charge in [-0.15, -0.1) is 0 Å². The first-order chi connectivity index (χ1) is 11.8. The molecule has 0 aliphatic carbocycles. The number of fused-ring (bicyclic) bond motifs is 1. The summed E-state index contributed by atoms with van der Waals surface area (Å²) in [5.74, 6) is 0.339. The number of unbranched alkanes of at least 4 members (excludes halogenated alkanes) is 2. The lowest BCUT2D eigenvalue weighted by molar-refractivity contribution is -0.384. The summed E-state index contributed by atoms with van der Waals surface area (Å²) in [6.07, 6.45) is 2.67. The Morgan fingerprint density at radius 3 is 2.72 bits per heavy atom. The van der Waals surface area contributed by atoms with Crippen LogP contribution in [-0.4, -0.2) is 34.7 Å². The van der Waals surface area contributed by atoms with Gasteiger partial charge in [0.1, 0.15) is 23.1 Å². The Labute approximate surface area is 146 Å². The van der Waals surface area contributed by atoms with E-state index in [0.29, 0.717) is 24.3 Å². The number of aliphatic hydroxyl groups excluding tert-OH is 1. The highest BCUT2D eigenvalue weighted by Gasteiger charge is 2.43. The second kappa shape index (κ2) is 7.79. The molecule has 0 spiro atoms. The van der Waals surface area contributed by atoms with Crippen molar-refractivity contribution in [1.82, 2.24) is 5.32 Å². The topological polar surface area (TPSA) is 114 Å². The van der Waals surface area contributed by atoms with Crippen LogP contribution in [0.4, 0.5) is 11.4 Å². The van der Waals surface area contributed by atoms with Crippen molar-refractivity contribution in [3.05, 3.63) is 27.8 Å². The number of carbonyl (C=O) groups excluding carboxylic acids is 1. The Bertz CT molecular complexity index is 647. The lowest BCUT2D eigenvalue weighted by atomic mass is 9.86. The summed E-state index contributed by atoms with van der Waals surface area (Å²) in [4.78, 5) is 21.5. The van der Waals surface area contributed by atoms with Crippen LogP contribution in [0.3, 0.4) is 0 Å². The molecule has 2 rings (SSSR count). The number of nitrogens with zero attached hydrogens (tertiary/aromatic N) is 1. The molecule has 1 amide bonds. The number of nitrogens with one attached hydrogen (secondary N) is 2. The Hall–Kier alpha value is -2.19. The van der Waals surface area contributed by atoms with E-state index in [0.717, 1.165) is 19.3 Å². The Morgan fingerprint density at radius 1 is 1.40 bits per heavy atom. The van der Waals surface area contributed by atoms with E-state index in [2.05, 4.69) is 17.6 Å². The summed E-state index contributed by atoms with van der Waals surface area (Å²) in [5, 5.41) is 27.6. The molecule has 0 saturated heterocycles. The van der Waals surface area contributed by atoms with Gasteiger partial charge in [-0.25, -0.2) is 0 Å². The molecule has 0 bridgehead atoms. The van der Waals surface area contributed by atoms with Gasteiger partial charge in [-0.2, -0.15) is 0 Å². The predicted molar refractivity (Wildman–Crippen MR) is 93.8 cm³/mol. The van der Waals surface area contributed by atoms with E-state index in [1.54, 1.807) is 13.8 Å². The van der Waals surface area contributed by atoms with E-state index >= 15 is 0 Å². The molecule has 138 valence electrons. The van der Waals surface area contributed by atoms with E-state index in [9.17, 15) is 20.0 Å². The van der Waals surface area contributed by atoms with Crippen LogP contribution in [0.25, 0.3) is 0 Å². The molecular formula is C17H25N3O5. The third-order valence-corrected chi connectivity index (χ3v) is 4.42. The maximum absolute atomic E-state index is 11.3. The molecule has 2 atom stereocenters. The van der Waals surface area contributed by atoms with E-state index in [1.807, 2.05) is 0 Å². The molecule has 0 radical (unpaired) electrons. The molecule has 1 aliphatic heterocycles. The minimum absolute atomic E-state index is 0.0783. The van der Waals surface area contributed by atoms with Crippen LogP contribution in [-0.2, 0) is 4.79 Å². The maximum atomic E-state index is 11.3. The lowest BCUT2D eigenvalue weighted by Gasteiger charge is -2.42. The molecule has 3 N–H and O–H groups in total. The highest BCUT2D eigenvalue weighted by Crippen LogP contribution is 2.44.